The van der Waals surface area contributed by atoms with Gasteiger partial charge in [0.1, 0.15) is 53.5 Å². The predicted octanol–water partition coefficient (Wildman–Crippen LogP) is 12.4. The molecule has 5 aliphatic heterocycles. The zero-order valence-corrected chi connectivity index (χ0v) is 59.4. The quantitative estimate of drug-likeness (QED) is 0.0900. The lowest BCUT2D eigenvalue weighted by Crippen LogP contribution is -2.28. The highest BCUT2D eigenvalue weighted by Gasteiger charge is 2.38. The fourth-order valence-electron chi connectivity index (χ4n) is 14.5. The van der Waals surface area contributed by atoms with Gasteiger partial charge >= 0.3 is 11.9 Å². The molecule has 2 saturated heterocycles. The van der Waals surface area contributed by atoms with Crippen LogP contribution in [0.4, 0.5) is 17.5 Å². The first-order valence-electron chi connectivity index (χ1n) is 36.5. The Balaban J connectivity index is 0.000000121. The number of hydrogen-bond donors (Lipinski definition) is 2. The average Bonchev–Trinajstić information content (AvgIpc) is 1.55. The first-order valence-corrected chi connectivity index (χ1v) is 36.5. The summed E-state index contributed by atoms with van der Waals surface area (Å²) in [5.74, 6) is 1.60. The van der Waals surface area contributed by atoms with Gasteiger partial charge in [-0.2, -0.15) is 0 Å². The summed E-state index contributed by atoms with van der Waals surface area (Å²) in [6.07, 6.45) is 26.6. The third-order valence-corrected chi connectivity index (χ3v) is 20.5. The summed E-state index contributed by atoms with van der Waals surface area (Å²) in [6, 6.07) is 39.2. The molecule has 4 amide bonds. The molecule has 3 aromatic carbocycles. The molecule has 0 spiro atoms. The number of carboxylic acids is 1. The highest BCUT2D eigenvalue weighted by Crippen LogP contribution is 2.43. The van der Waals surface area contributed by atoms with Gasteiger partial charge in [0.05, 0.1) is 37.9 Å². The van der Waals surface area contributed by atoms with Crippen LogP contribution in [0.25, 0.3) is 67.9 Å². The number of esters is 1. The van der Waals surface area contributed by atoms with E-state index in [0.717, 1.165) is 92.3 Å². The fourth-order valence-corrected chi connectivity index (χ4v) is 14.5. The third-order valence-electron chi connectivity index (χ3n) is 20.5. The lowest BCUT2D eigenvalue weighted by atomic mass is 9.94. The van der Waals surface area contributed by atoms with E-state index in [1.807, 2.05) is 86.8 Å². The van der Waals surface area contributed by atoms with Crippen molar-refractivity contribution in [3.8, 4) is 67.9 Å². The summed E-state index contributed by atoms with van der Waals surface area (Å²) in [5.41, 5.74) is 10.9. The molecule has 5 fully saturated rings. The number of pyridine rings is 6. The lowest BCUT2D eigenvalue weighted by molar-refractivity contribution is 0.0599. The second-order valence-corrected chi connectivity index (χ2v) is 27.8. The Hall–Kier alpha value is -13.2. The number of carbonyl (C=O) groups excluding carboxylic acids is 5. The number of fused-ring (bicyclic) bond motifs is 3. The molecule has 8 aliphatic rings. The lowest BCUT2D eigenvalue weighted by Gasteiger charge is -2.18. The number of rotatable bonds is 15. The number of aromatic carboxylic acids is 1. The number of anilines is 3. The molecule has 110 heavy (non-hydrogen) atoms. The molecule has 552 valence electrons. The molecule has 0 atom stereocenters. The Bertz CT molecular complexity index is 5510. The highest BCUT2D eigenvalue weighted by molar-refractivity contribution is 6.14. The van der Waals surface area contributed by atoms with Crippen LogP contribution in [0.2, 0.25) is 0 Å². The molecule has 12 aromatic rings. The van der Waals surface area contributed by atoms with Crippen molar-refractivity contribution in [2.75, 3.05) is 48.0 Å². The highest BCUT2D eigenvalue weighted by atomic mass is 16.5. The van der Waals surface area contributed by atoms with Crippen LogP contribution >= 0.6 is 0 Å². The van der Waals surface area contributed by atoms with Crippen molar-refractivity contribution in [3.05, 3.63) is 234 Å². The van der Waals surface area contributed by atoms with Crippen LogP contribution in [-0.2, 0) is 24.4 Å². The first kappa shape index (κ1) is 71.0. The van der Waals surface area contributed by atoms with Crippen LogP contribution in [0.3, 0.4) is 0 Å². The maximum atomic E-state index is 13.6. The Morgan fingerprint density at radius 1 is 0.445 bits per heavy atom. The molecule has 0 unspecified atom stereocenters. The summed E-state index contributed by atoms with van der Waals surface area (Å²) >= 11 is 0. The SMILES string of the molecule is C.C1CCNC1.COC(=O)c1cc2c(cc1-c1cccnc1)C(=O)N(c1cccc(-c3nncn3C3CC3)n1)C2.O=C(O)c1cc2c(cc1-c1cccnc1)C(=O)N(c1cccc(-c3nncn3C3CC3)n1)C2.O=C(c1cc2c(cc1-c1cccnc1)C(=O)N(c1cccc(-c3nncn3C3CC3)n1)C2)N1CCCC1. The van der Waals surface area contributed by atoms with Crippen molar-refractivity contribution in [1.82, 2.24) is 84.4 Å². The second kappa shape index (κ2) is 30.6. The summed E-state index contributed by atoms with van der Waals surface area (Å²) in [4.78, 5) is 112. The van der Waals surface area contributed by atoms with E-state index in [0.29, 0.717) is 133 Å². The van der Waals surface area contributed by atoms with E-state index in [1.54, 1.807) is 125 Å². The normalized spacial score (nSPS) is 15.9. The molecular formula is C82H76N20O8. The van der Waals surface area contributed by atoms with Gasteiger partial charge in [-0.25, -0.2) is 24.5 Å². The van der Waals surface area contributed by atoms with E-state index in [-0.39, 0.29) is 43.2 Å². The Morgan fingerprint density at radius 3 is 1.15 bits per heavy atom. The number of nitrogens with one attached hydrogen (secondary N) is 1. The Morgan fingerprint density at radius 2 is 0.809 bits per heavy atom. The van der Waals surface area contributed by atoms with Crippen LogP contribution in [0.5, 0.6) is 0 Å². The number of hydrogen-bond acceptors (Lipinski definition) is 20. The average molecular weight is 1470 g/mol. The molecule has 0 bridgehead atoms. The minimum Gasteiger partial charge on any atom is -0.478 e. The summed E-state index contributed by atoms with van der Waals surface area (Å²) < 4.78 is 11.1. The minimum atomic E-state index is -1.05. The van der Waals surface area contributed by atoms with E-state index in [2.05, 4.69) is 55.4 Å². The summed E-state index contributed by atoms with van der Waals surface area (Å²) in [6.45, 7) is 4.92. The molecule has 9 aromatic heterocycles. The molecule has 20 rings (SSSR count). The molecule has 14 heterocycles. The zero-order chi connectivity index (χ0) is 74.2. The molecule has 0 radical (unpaired) electrons. The van der Waals surface area contributed by atoms with Crippen LogP contribution in [0.1, 0.15) is 169 Å². The largest absolute Gasteiger partial charge is 0.478 e. The van der Waals surface area contributed by atoms with E-state index in [4.69, 9.17) is 19.7 Å². The van der Waals surface area contributed by atoms with Crippen molar-refractivity contribution in [2.45, 2.75) is 109 Å². The molecule has 2 N–H and O–H groups in total. The number of carbonyl (C=O) groups is 6. The molecular weight excluding hydrogens is 1390 g/mol. The van der Waals surface area contributed by atoms with Gasteiger partial charge in [-0.1, -0.05) is 43.8 Å². The number of amides is 4. The number of aromatic nitrogens is 15. The molecule has 3 aliphatic carbocycles. The number of nitrogens with zero attached hydrogens (tertiary/aromatic N) is 19. The van der Waals surface area contributed by atoms with Gasteiger partial charge in [-0.05, 0) is 202 Å². The van der Waals surface area contributed by atoms with E-state index < -0.39 is 11.9 Å². The maximum absolute atomic E-state index is 13.6. The summed E-state index contributed by atoms with van der Waals surface area (Å²) in [5, 5.41) is 37.9. The van der Waals surface area contributed by atoms with Gasteiger partial charge < -0.3 is 33.8 Å². The minimum absolute atomic E-state index is 0. The number of benzene rings is 3. The van der Waals surface area contributed by atoms with Gasteiger partial charge in [0.2, 0.25) is 0 Å². The fraction of sp³-hybridized carbons (Fsp3) is 0.268. The van der Waals surface area contributed by atoms with E-state index in [1.165, 1.54) is 33.0 Å². The maximum Gasteiger partial charge on any atom is 0.338 e. The smallest absolute Gasteiger partial charge is 0.338 e. The zero-order valence-electron chi connectivity index (χ0n) is 59.4. The molecule has 28 nitrogen and oxygen atoms in total. The van der Waals surface area contributed by atoms with Gasteiger partial charge in [-0.15, -0.1) is 30.6 Å². The predicted molar refractivity (Wildman–Crippen MR) is 407 cm³/mol. The second-order valence-electron chi connectivity index (χ2n) is 27.8. The monoisotopic (exact) mass is 1470 g/mol. The summed E-state index contributed by atoms with van der Waals surface area (Å²) in [7, 11) is 1.34. The van der Waals surface area contributed by atoms with Crippen LogP contribution in [0.15, 0.2) is 184 Å². The van der Waals surface area contributed by atoms with Crippen LogP contribution in [0, 0.1) is 0 Å². The van der Waals surface area contributed by atoms with Gasteiger partial charge in [0.15, 0.2) is 17.5 Å². The van der Waals surface area contributed by atoms with Crippen molar-refractivity contribution in [2.24, 2.45) is 0 Å². The van der Waals surface area contributed by atoms with Crippen molar-refractivity contribution in [3.63, 3.8) is 0 Å². The molecule has 3 saturated carbocycles. The molecule has 28 heteroatoms. The number of methoxy groups -OCH3 is 1. The van der Waals surface area contributed by atoms with Crippen molar-refractivity contribution >= 4 is 53.0 Å². The first-order chi connectivity index (χ1) is 53.4. The number of carboxylic acid groups (broad SMARTS) is 1. The third kappa shape index (κ3) is 14.3. The van der Waals surface area contributed by atoms with Gasteiger partial charge in [0.25, 0.3) is 23.6 Å². The van der Waals surface area contributed by atoms with Crippen molar-refractivity contribution in [1.29, 1.82) is 0 Å². The number of ether oxygens (including phenoxy) is 1. The van der Waals surface area contributed by atoms with Gasteiger partial charge in [0, 0.05) is 107 Å². The van der Waals surface area contributed by atoms with Gasteiger partial charge in [-0.3, -0.25) is 48.8 Å². The van der Waals surface area contributed by atoms with Crippen molar-refractivity contribution < 1.29 is 38.6 Å². The Labute approximate surface area is 632 Å². The van der Waals surface area contributed by atoms with Crippen LogP contribution < -0.4 is 20.0 Å². The standard InChI is InChI=1S/C28H25N7O2.C25H20N6O3.C24H18N6O3.C4H9N.CH4/c36-27(33-11-1-2-12-33)23-13-19-16-34(28(37)22(19)14-21(23)18-5-4-10-29-15-18)25-7-3-6-24(31-25)26-32-30-17-35(26)20-8-9-20;1-34-25(33)20-10-16-13-30(24(32)19(16)11-18(20)15-4-3-9-26-12-15)22-6-2-5-21(28-22)23-29-27-14-31(23)17-7-8-17;31-23-18-10-17(14-3-2-8-25-11-14)19(24(32)33)9-15(18)12-29(23)21-5-1-4-20(27-21)22-28-26-13-30(22)16-6-7-16;1-2-4-5-3-1;/h3-7,10,13-15,17,20H,1-2,8-9,11-12,16H2;2-6,9-12,14,17H,7-8,13H2,1H3;1-5,8-11,13,16H,6-7,12H2,(H,32,33);5H,1-4H2;1H4. The number of likely N-dealkylation sites (tertiary alicyclic amines) is 1. The Kier molecular flexibility index (Phi) is 19.7. The topological polar surface area (TPSA) is 326 Å². The van der Waals surface area contributed by atoms with E-state index in [9.17, 15) is 33.9 Å². The van der Waals surface area contributed by atoms with Crippen LogP contribution in [-0.4, -0.2) is 153 Å². The van der Waals surface area contributed by atoms with E-state index >= 15 is 0 Å².